The quantitative estimate of drug-likeness (QED) is 0.702. The predicted molar refractivity (Wildman–Crippen MR) is 49.0 cm³/mol. The molecule has 0 radical (unpaired) electrons. The molecular weight excluding hydrogens is 227 g/mol. The normalized spacial score (nSPS) is 22.8. The van der Waals surface area contributed by atoms with Gasteiger partial charge in [-0.3, -0.25) is 0 Å². The van der Waals surface area contributed by atoms with Crippen molar-refractivity contribution in [3.63, 3.8) is 0 Å². The molecule has 1 aliphatic rings. The summed E-state index contributed by atoms with van der Waals surface area (Å²) in [7, 11) is 0. The fourth-order valence-electron chi connectivity index (χ4n) is 1.39. The van der Waals surface area contributed by atoms with Gasteiger partial charge in [-0.25, -0.2) is 4.79 Å². The lowest BCUT2D eigenvalue weighted by Gasteiger charge is -2.21. The van der Waals surface area contributed by atoms with Gasteiger partial charge in [-0.2, -0.15) is 13.2 Å². The first-order valence-corrected chi connectivity index (χ1v) is 4.98. The summed E-state index contributed by atoms with van der Waals surface area (Å²) in [5.41, 5.74) is 0. The molecule has 1 heterocycles. The van der Waals surface area contributed by atoms with Gasteiger partial charge in [0.25, 0.3) is 0 Å². The van der Waals surface area contributed by atoms with Crippen molar-refractivity contribution in [2.75, 3.05) is 26.3 Å². The Bertz CT molecular complexity index is 245. The third-order valence-electron chi connectivity index (χ3n) is 2.07. The average Bonchev–Trinajstić information content (AvgIpc) is 2.38. The van der Waals surface area contributed by atoms with Crippen LogP contribution in [0.15, 0.2) is 0 Å². The Morgan fingerprint density at radius 1 is 1.56 bits per heavy atom. The maximum atomic E-state index is 11.8. The molecule has 0 N–H and O–H groups in total. The first-order valence-electron chi connectivity index (χ1n) is 4.98. The van der Waals surface area contributed by atoms with Crippen LogP contribution in [0, 0.1) is 0 Å². The minimum Gasteiger partial charge on any atom is -0.440 e. The van der Waals surface area contributed by atoms with Crippen molar-refractivity contribution in [3.8, 4) is 0 Å². The number of alkyl halides is 3. The van der Waals surface area contributed by atoms with Gasteiger partial charge in [0.1, 0.15) is 0 Å². The Labute approximate surface area is 91.3 Å². The number of hydrogen-bond donors (Lipinski definition) is 0. The molecule has 1 rings (SSSR count). The van der Waals surface area contributed by atoms with Crippen molar-refractivity contribution < 1.29 is 27.4 Å². The van der Waals surface area contributed by atoms with E-state index in [1.807, 2.05) is 0 Å². The minimum absolute atomic E-state index is 0.180. The van der Waals surface area contributed by atoms with Crippen molar-refractivity contribution in [2.24, 2.45) is 0 Å². The molecule has 0 saturated carbocycles. The van der Waals surface area contributed by atoms with Crippen LogP contribution in [0.5, 0.6) is 0 Å². The SMILES string of the molecule is CC1CN(C(=O)OCC(F)(F)F)CCCO1. The van der Waals surface area contributed by atoms with Crippen molar-refractivity contribution in [1.82, 2.24) is 4.90 Å². The lowest BCUT2D eigenvalue weighted by atomic mass is 10.4. The summed E-state index contributed by atoms with van der Waals surface area (Å²) in [6, 6.07) is 0. The van der Waals surface area contributed by atoms with E-state index in [1.165, 1.54) is 4.90 Å². The van der Waals surface area contributed by atoms with E-state index in [2.05, 4.69) is 4.74 Å². The lowest BCUT2D eigenvalue weighted by Crippen LogP contribution is -2.37. The molecule has 1 unspecified atom stereocenters. The van der Waals surface area contributed by atoms with Crippen LogP contribution in [0.4, 0.5) is 18.0 Å². The van der Waals surface area contributed by atoms with E-state index < -0.39 is 18.9 Å². The molecule has 1 fully saturated rings. The van der Waals surface area contributed by atoms with Gasteiger partial charge in [0, 0.05) is 19.7 Å². The average molecular weight is 241 g/mol. The van der Waals surface area contributed by atoms with Crippen LogP contribution in [-0.2, 0) is 9.47 Å². The number of rotatable bonds is 1. The highest BCUT2D eigenvalue weighted by Crippen LogP contribution is 2.15. The van der Waals surface area contributed by atoms with Crippen molar-refractivity contribution in [2.45, 2.75) is 25.6 Å². The third kappa shape index (κ3) is 4.69. The summed E-state index contributed by atoms with van der Waals surface area (Å²) in [4.78, 5) is 12.5. The topological polar surface area (TPSA) is 38.8 Å². The molecule has 0 aromatic heterocycles. The standard InChI is InChI=1S/C9H14F3NO3/c1-7-5-13(3-2-4-15-7)8(14)16-6-9(10,11)12/h7H,2-6H2,1H3. The fraction of sp³-hybridized carbons (Fsp3) is 0.889. The smallest absolute Gasteiger partial charge is 0.422 e. The molecule has 1 aliphatic heterocycles. The summed E-state index contributed by atoms with van der Waals surface area (Å²) in [6.07, 6.45) is -5.00. The third-order valence-corrected chi connectivity index (χ3v) is 2.07. The highest BCUT2D eigenvalue weighted by atomic mass is 19.4. The molecule has 0 aromatic carbocycles. The molecule has 0 aromatic rings. The van der Waals surface area contributed by atoms with Crippen LogP contribution in [0.2, 0.25) is 0 Å². The van der Waals surface area contributed by atoms with E-state index in [4.69, 9.17) is 4.74 Å². The zero-order valence-corrected chi connectivity index (χ0v) is 8.92. The Balaban J connectivity index is 2.40. The second-order valence-corrected chi connectivity index (χ2v) is 3.65. The molecule has 0 spiro atoms. The summed E-state index contributed by atoms with van der Waals surface area (Å²) < 4.78 is 44.9. The summed E-state index contributed by atoms with van der Waals surface area (Å²) in [6.45, 7) is 1.34. The molecule has 1 amide bonds. The number of carbonyl (C=O) groups is 1. The van der Waals surface area contributed by atoms with E-state index >= 15 is 0 Å². The molecule has 94 valence electrons. The van der Waals surface area contributed by atoms with Crippen LogP contribution in [-0.4, -0.2) is 49.6 Å². The van der Waals surface area contributed by atoms with Gasteiger partial charge in [-0.1, -0.05) is 0 Å². The molecule has 16 heavy (non-hydrogen) atoms. The summed E-state index contributed by atoms with van der Waals surface area (Å²) >= 11 is 0. The predicted octanol–water partition coefficient (Wildman–Crippen LogP) is 1.80. The summed E-state index contributed by atoms with van der Waals surface area (Å²) in [5, 5.41) is 0. The highest BCUT2D eigenvalue weighted by Gasteiger charge is 2.31. The first kappa shape index (κ1) is 13.1. The monoisotopic (exact) mass is 241 g/mol. The first-order chi connectivity index (χ1) is 7.38. The van der Waals surface area contributed by atoms with E-state index in [0.717, 1.165) is 0 Å². The zero-order chi connectivity index (χ0) is 12.2. The lowest BCUT2D eigenvalue weighted by molar-refractivity contribution is -0.162. The van der Waals surface area contributed by atoms with Gasteiger partial charge in [0.2, 0.25) is 0 Å². The van der Waals surface area contributed by atoms with Crippen molar-refractivity contribution in [3.05, 3.63) is 0 Å². The van der Waals surface area contributed by atoms with E-state index in [9.17, 15) is 18.0 Å². The van der Waals surface area contributed by atoms with E-state index in [0.29, 0.717) is 19.6 Å². The van der Waals surface area contributed by atoms with Crippen LogP contribution >= 0.6 is 0 Å². The van der Waals surface area contributed by atoms with Gasteiger partial charge in [0.05, 0.1) is 6.10 Å². The number of nitrogens with zero attached hydrogens (tertiary/aromatic N) is 1. The van der Waals surface area contributed by atoms with Crippen LogP contribution in [0.1, 0.15) is 13.3 Å². The highest BCUT2D eigenvalue weighted by molar-refractivity contribution is 5.67. The van der Waals surface area contributed by atoms with Crippen LogP contribution in [0.3, 0.4) is 0 Å². The Morgan fingerprint density at radius 2 is 2.25 bits per heavy atom. The minimum atomic E-state index is -4.48. The molecule has 0 aliphatic carbocycles. The molecule has 0 bridgehead atoms. The Morgan fingerprint density at radius 3 is 2.88 bits per heavy atom. The van der Waals surface area contributed by atoms with Gasteiger partial charge < -0.3 is 14.4 Å². The fourth-order valence-corrected chi connectivity index (χ4v) is 1.39. The maximum Gasteiger partial charge on any atom is 0.422 e. The van der Waals surface area contributed by atoms with Crippen molar-refractivity contribution in [1.29, 1.82) is 0 Å². The van der Waals surface area contributed by atoms with Crippen LogP contribution in [0.25, 0.3) is 0 Å². The number of amides is 1. The van der Waals surface area contributed by atoms with E-state index in [-0.39, 0.29) is 12.6 Å². The van der Waals surface area contributed by atoms with Gasteiger partial charge in [-0.05, 0) is 13.3 Å². The summed E-state index contributed by atoms with van der Waals surface area (Å²) in [5.74, 6) is 0. The van der Waals surface area contributed by atoms with E-state index in [1.54, 1.807) is 6.92 Å². The second kappa shape index (κ2) is 5.38. The molecule has 7 heteroatoms. The molecule has 4 nitrogen and oxygen atoms in total. The van der Waals surface area contributed by atoms with Gasteiger partial charge in [0.15, 0.2) is 6.61 Å². The van der Waals surface area contributed by atoms with Gasteiger partial charge in [-0.15, -0.1) is 0 Å². The zero-order valence-electron chi connectivity index (χ0n) is 8.92. The molecule has 1 atom stereocenters. The van der Waals surface area contributed by atoms with Crippen LogP contribution < -0.4 is 0 Å². The van der Waals surface area contributed by atoms with Gasteiger partial charge >= 0.3 is 12.3 Å². The number of carbonyl (C=O) groups excluding carboxylic acids is 1. The number of halogens is 3. The van der Waals surface area contributed by atoms with Crippen molar-refractivity contribution >= 4 is 6.09 Å². The Kier molecular flexibility index (Phi) is 4.40. The largest absolute Gasteiger partial charge is 0.440 e. The number of ether oxygens (including phenoxy) is 2. The maximum absolute atomic E-state index is 11.8. The molecular formula is C9H14F3NO3. The molecule has 1 saturated heterocycles. The second-order valence-electron chi connectivity index (χ2n) is 3.65. The Hall–Kier alpha value is -0.980. The number of hydrogen-bond acceptors (Lipinski definition) is 3.